The summed E-state index contributed by atoms with van der Waals surface area (Å²) in [6, 6.07) is 29.2. The Bertz CT molecular complexity index is 1690. The molecule has 1 N–H and O–H groups in total. The molecule has 5 aromatic carbocycles. The lowest BCUT2D eigenvalue weighted by Crippen LogP contribution is -2.37. The first-order valence-electron chi connectivity index (χ1n) is 13.2. The zero-order chi connectivity index (χ0) is 30.5. The highest BCUT2D eigenvalue weighted by Gasteiger charge is 2.37. The quantitative estimate of drug-likeness (QED) is 0.0767. The molecule has 0 heterocycles. The summed E-state index contributed by atoms with van der Waals surface area (Å²) < 4.78 is 89.2. The molecular weight excluding hydrogens is 566 g/mol. The normalized spacial score (nSPS) is 11.7. The summed E-state index contributed by atoms with van der Waals surface area (Å²) in [5.74, 6) is -12.3. The minimum Gasteiger partial charge on any atom is -0.508 e. The van der Waals surface area contributed by atoms with E-state index in [0.717, 1.165) is 11.1 Å². The molecule has 0 saturated heterocycles. The summed E-state index contributed by atoms with van der Waals surface area (Å²) in [7, 11) is -1.99. The maximum atomic E-state index is 14.8. The zero-order valence-electron chi connectivity index (χ0n) is 22.7. The van der Waals surface area contributed by atoms with Crippen LogP contribution in [0, 0.1) is 36.0 Å². The molecule has 10 heteroatoms. The van der Waals surface area contributed by atoms with Crippen LogP contribution in [0.15, 0.2) is 103 Å². The molecule has 0 bridgehead atoms. The highest BCUT2D eigenvalue weighted by atomic mass is 19.2. The van der Waals surface area contributed by atoms with Crippen LogP contribution in [0.25, 0.3) is 11.1 Å². The molecular formula is C33H24BF5O4. The Hall–Kier alpha value is -4.83. The standard InChI is InChI=1S/C33H24BF5O4/c1-20-9-5-6-12-24(20)27(19-21-15-17-23(40)18-16-21)42-34(43-33-31(38)29(36)28(35)30(37)32(33)39)41-26-14-8-7-13-25(26)22-10-3-2-4-11-22/h2-18,27,40H,19H2,1H3. The van der Waals surface area contributed by atoms with E-state index in [4.69, 9.17) is 14.0 Å². The number of phenols is 1. The van der Waals surface area contributed by atoms with Gasteiger partial charge < -0.3 is 19.1 Å². The third-order valence-corrected chi connectivity index (χ3v) is 6.75. The van der Waals surface area contributed by atoms with Gasteiger partial charge in [-0.05, 0) is 47.4 Å². The van der Waals surface area contributed by atoms with E-state index in [-0.39, 0.29) is 17.9 Å². The number of phenolic OH excluding ortho intramolecular Hbond substituents is 1. The van der Waals surface area contributed by atoms with Crippen molar-refractivity contribution in [3.63, 3.8) is 0 Å². The predicted molar refractivity (Wildman–Crippen MR) is 152 cm³/mol. The summed E-state index contributed by atoms with van der Waals surface area (Å²) in [4.78, 5) is 0. The summed E-state index contributed by atoms with van der Waals surface area (Å²) in [5.41, 5.74) is 3.45. The number of hydrogen-bond acceptors (Lipinski definition) is 4. The highest BCUT2D eigenvalue weighted by molar-refractivity contribution is 6.38. The first kappa shape index (κ1) is 29.7. The Morgan fingerprint density at radius 2 is 1.23 bits per heavy atom. The lowest BCUT2D eigenvalue weighted by atomic mass is 9.96. The number of aromatic hydroxyl groups is 1. The van der Waals surface area contributed by atoms with E-state index in [9.17, 15) is 27.1 Å². The third kappa shape index (κ3) is 6.65. The fourth-order valence-corrected chi connectivity index (χ4v) is 4.55. The SMILES string of the molecule is Cc1ccccc1C(Cc1ccc(O)cc1)OB(Oc1ccccc1-c1ccccc1)Oc1c(F)c(F)c(F)c(F)c1F. The van der Waals surface area contributed by atoms with E-state index in [1.807, 2.05) is 37.3 Å². The molecule has 1 atom stereocenters. The van der Waals surface area contributed by atoms with Gasteiger partial charge in [0.05, 0.1) is 6.10 Å². The third-order valence-electron chi connectivity index (χ3n) is 6.75. The van der Waals surface area contributed by atoms with Gasteiger partial charge in [-0.15, -0.1) is 0 Å². The topological polar surface area (TPSA) is 47.9 Å². The van der Waals surface area contributed by atoms with E-state index in [1.54, 1.807) is 60.7 Å². The highest BCUT2D eigenvalue weighted by Crippen LogP contribution is 2.35. The van der Waals surface area contributed by atoms with Crippen molar-refractivity contribution in [2.45, 2.75) is 19.4 Å². The van der Waals surface area contributed by atoms with Gasteiger partial charge in [-0.2, -0.15) is 8.78 Å². The molecule has 0 radical (unpaired) electrons. The summed E-state index contributed by atoms with van der Waals surface area (Å²) in [6.45, 7) is 1.83. The lowest BCUT2D eigenvalue weighted by molar-refractivity contribution is 0.125. The van der Waals surface area contributed by atoms with E-state index < -0.39 is 48.3 Å². The molecule has 1 unspecified atom stereocenters. The molecule has 0 fully saturated rings. The van der Waals surface area contributed by atoms with Crippen LogP contribution in [0.3, 0.4) is 0 Å². The molecule has 0 amide bonds. The molecule has 5 aromatic rings. The lowest BCUT2D eigenvalue weighted by Gasteiger charge is -2.25. The second-order valence-electron chi connectivity index (χ2n) is 9.64. The van der Waals surface area contributed by atoms with Gasteiger partial charge in [0.15, 0.2) is 5.75 Å². The summed E-state index contributed by atoms with van der Waals surface area (Å²) >= 11 is 0. The number of hydrogen-bond donors (Lipinski definition) is 1. The van der Waals surface area contributed by atoms with E-state index in [0.29, 0.717) is 16.7 Å². The number of benzene rings is 5. The first-order chi connectivity index (χ1) is 20.7. The fraction of sp³-hybridized carbons (Fsp3) is 0.0909. The van der Waals surface area contributed by atoms with Crippen LogP contribution in [0.5, 0.6) is 17.2 Å². The van der Waals surface area contributed by atoms with Crippen molar-refractivity contribution in [3.8, 4) is 28.4 Å². The van der Waals surface area contributed by atoms with Crippen LogP contribution >= 0.6 is 0 Å². The van der Waals surface area contributed by atoms with Gasteiger partial charge >= 0.3 is 7.32 Å². The van der Waals surface area contributed by atoms with Crippen molar-refractivity contribution >= 4 is 7.32 Å². The number of aryl methyl sites for hydroxylation is 1. The van der Waals surface area contributed by atoms with Gasteiger partial charge in [0, 0.05) is 12.0 Å². The van der Waals surface area contributed by atoms with Crippen LogP contribution in [0.2, 0.25) is 0 Å². The van der Waals surface area contributed by atoms with Crippen LogP contribution in [-0.4, -0.2) is 12.4 Å². The Labute approximate surface area is 245 Å². The van der Waals surface area contributed by atoms with Gasteiger partial charge in [-0.25, -0.2) is 13.2 Å². The van der Waals surface area contributed by atoms with Crippen LogP contribution in [-0.2, 0) is 11.1 Å². The first-order valence-corrected chi connectivity index (χ1v) is 13.2. The summed E-state index contributed by atoms with van der Waals surface area (Å²) in [5, 5.41) is 9.73. The fourth-order valence-electron chi connectivity index (χ4n) is 4.55. The Morgan fingerprint density at radius 3 is 1.91 bits per heavy atom. The Balaban J connectivity index is 1.58. The maximum absolute atomic E-state index is 14.8. The average Bonchev–Trinajstić information content (AvgIpc) is 3.02. The van der Waals surface area contributed by atoms with Crippen molar-refractivity contribution in [3.05, 3.63) is 149 Å². The van der Waals surface area contributed by atoms with Gasteiger partial charge in [0.25, 0.3) is 0 Å². The average molecular weight is 590 g/mol. The molecule has 4 nitrogen and oxygen atoms in total. The minimum atomic E-state index is -2.32. The molecule has 0 aromatic heterocycles. The summed E-state index contributed by atoms with van der Waals surface area (Å²) in [6.07, 6.45) is -0.716. The molecule has 0 aliphatic heterocycles. The van der Waals surface area contributed by atoms with E-state index >= 15 is 0 Å². The Morgan fingerprint density at radius 1 is 0.651 bits per heavy atom. The zero-order valence-corrected chi connectivity index (χ0v) is 22.7. The Kier molecular flexibility index (Phi) is 8.97. The molecule has 218 valence electrons. The largest absolute Gasteiger partial charge is 0.788 e. The molecule has 0 saturated carbocycles. The van der Waals surface area contributed by atoms with Gasteiger partial charge in [-0.1, -0.05) is 84.9 Å². The molecule has 5 rings (SSSR count). The van der Waals surface area contributed by atoms with Crippen LogP contribution < -0.4 is 9.31 Å². The number of halogens is 5. The molecule has 43 heavy (non-hydrogen) atoms. The van der Waals surface area contributed by atoms with Crippen molar-refractivity contribution in [1.82, 2.24) is 0 Å². The van der Waals surface area contributed by atoms with Crippen molar-refractivity contribution in [2.75, 3.05) is 0 Å². The monoisotopic (exact) mass is 590 g/mol. The van der Waals surface area contributed by atoms with Crippen LogP contribution in [0.4, 0.5) is 22.0 Å². The van der Waals surface area contributed by atoms with Gasteiger partial charge in [-0.3, -0.25) is 0 Å². The van der Waals surface area contributed by atoms with E-state index in [2.05, 4.69) is 0 Å². The second kappa shape index (κ2) is 13.0. The van der Waals surface area contributed by atoms with E-state index in [1.165, 1.54) is 12.1 Å². The predicted octanol–water partition coefficient (Wildman–Crippen LogP) is 8.51. The van der Waals surface area contributed by atoms with Gasteiger partial charge in [0.2, 0.25) is 29.1 Å². The van der Waals surface area contributed by atoms with Gasteiger partial charge in [0.1, 0.15) is 11.5 Å². The number of para-hydroxylation sites is 1. The van der Waals surface area contributed by atoms with Crippen LogP contribution in [0.1, 0.15) is 22.8 Å². The number of rotatable bonds is 10. The smallest absolute Gasteiger partial charge is 0.508 e. The molecule has 0 aliphatic carbocycles. The molecule has 0 spiro atoms. The maximum Gasteiger partial charge on any atom is 0.788 e. The van der Waals surface area contributed by atoms with Crippen molar-refractivity contribution in [2.24, 2.45) is 0 Å². The minimum absolute atomic E-state index is 0.0467. The van der Waals surface area contributed by atoms with Crippen molar-refractivity contribution < 1.29 is 41.0 Å². The molecule has 0 aliphatic rings. The van der Waals surface area contributed by atoms with Crippen molar-refractivity contribution in [1.29, 1.82) is 0 Å². The second-order valence-corrected chi connectivity index (χ2v) is 9.64.